The van der Waals surface area contributed by atoms with Gasteiger partial charge in [-0.15, -0.1) is 0 Å². The fraction of sp³-hybridized carbons (Fsp3) is 0.452. The summed E-state index contributed by atoms with van der Waals surface area (Å²) in [5.74, 6) is 1.25. The molecular formula is C31H39N3O2. The minimum absolute atomic E-state index is 0.105. The molecule has 1 atom stereocenters. The van der Waals surface area contributed by atoms with E-state index in [2.05, 4.69) is 59.4 Å². The average molecular weight is 486 g/mol. The Morgan fingerprint density at radius 2 is 1.83 bits per heavy atom. The lowest BCUT2D eigenvalue weighted by Gasteiger charge is -2.39. The Bertz CT molecular complexity index is 1180. The number of aliphatic hydroxyl groups is 1. The molecule has 1 amide bonds. The molecule has 0 bridgehead atoms. The summed E-state index contributed by atoms with van der Waals surface area (Å²) in [4.78, 5) is 20.6. The van der Waals surface area contributed by atoms with Crippen LogP contribution in [0.5, 0.6) is 0 Å². The predicted molar refractivity (Wildman–Crippen MR) is 147 cm³/mol. The highest BCUT2D eigenvalue weighted by atomic mass is 16.3. The Hall–Kier alpha value is -2.89. The van der Waals surface area contributed by atoms with Gasteiger partial charge < -0.3 is 15.0 Å². The Labute approximate surface area is 214 Å². The fourth-order valence-electron chi connectivity index (χ4n) is 6.17. The van der Waals surface area contributed by atoms with Crippen LogP contribution in [0.25, 0.3) is 17.0 Å². The topological polar surface area (TPSA) is 59.6 Å². The van der Waals surface area contributed by atoms with Gasteiger partial charge in [0.1, 0.15) is 0 Å². The molecule has 0 radical (unpaired) electrons. The van der Waals surface area contributed by atoms with Crippen LogP contribution >= 0.6 is 0 Å². The quantitative estimate of drug-likeness (QED) is 0.443. The minimum Gasteiger partial charge on any atom is -0.395 e. The van der Waals surface area contributed by atoms with Crippen molar-refractivity contribution in [1.82, 2.24) is 14.8 Å². The lowest BCUT2D eigenvalue weighted by atomic mass is 9.86. The van der Waals surface area contributed by atoms with E-state index in [1.807, 2.05) is 23.1 Å². The summed E-state index contributed by atoms with van der Waals surface area (Å²) in [5.41, 5.74) is 4.93. The molecule has 3 aromatic rings. The SMILES string of the molecule is Cc1cccc(C=CC(=O)N2CCC(CC(CO)N3CCC(c4c[nH]c5ccccc45)CC3)CC2)c1. The van der Waals surface area contributed by atoms with Crippen molar-refractivity contribution in [1.29, 1.82) is 0 Å². The summed E-state index contributed by atoms with van der Waals surface area (Å²) in [5, 5.41) is 11.6. The molecule has 1 aromatic heterocycles. The highest BCUT2D eigenvalue weighted by molar-refractivity contribution is 5.91. The molecule has 0 spiro atoms. The lowest BCUT2D eigenvalue weighted by molar-refractivity contribution is -0.127. The van der Waals surface area contributed by atoms with E-state index in [1.54, 1.807) is 6.08 Å². The Morgan fingerprint density at radius 1 is 1.06 bits per heavy atom. The van der Waals surface area contributed by atoms with Gasteiger partial charge in [-0.3, -0.25) is 9.69 Å². The highest BCUT2D eigenvalue weighted by Gasteiger charge is 2.30. The molecule has 2 aliphatic rings. The van der Waals surface area contributed by atoms with Gasteiger partial charge in [0.05, 0.1) is 6.61 Å². The van der Waals surface area contributed by atoms with Crippen molar-refractivity contribution in [3.63, 3.8) is 0 Å². The number of benzene rings is 2. The first-order valence-corrected chi connectivity index (χ1v) is 13.6. The number of hydrogen-bond acceptors (Lipinski definition) is 3. The van der Waals surface area contributed by atoms with E-state index < -0.39 is 0 Å². The molecule has 36 heavy (non-hydrogen) atoms. The Balaban J connectivity index is 1.09. The third-order valence-corrected chi connectivity index (χ3v) is 8.31. The van der Waals surface area contributed by atoms with Crippen molar-refractivity contribution in [2.45, 2.75) is 51.0 Å². The van der Waals surface area contributed by atoms with Gasteiger partial charge in [-0.2, -0.15) is 0 Å². The second-order valence-corrected chi connectivity index (χ2v) is 10.7. The average Bonchev–Trinajstić information content (AvgIpc) is 3.35. The van der Waals surface area contributed by atoms with Crippen molar-refractivity contribution in [2.24, 2.45) is 5.92 Å². The number of aromatic amines is 1. The van der Waals surface area contributed by atoms with Crippen molar-refractivity contribution >= 4 is 22.9 Å². The van der Waals surface area contributed by atoms with E-state index in [-0.39, 0.29) is 18.6 Å². The zero-order valence-electron chi connectivity index (χ0n) is 21.4. The number of amides is 1. The number of piperidine rings is 2. The highest BCUT2D eigenvalue weighted by Crippen LogP contribution is 2.34. The summed E-state index contributed by atoms with van der Waals surface area (Å²) in [6.45, 7) is 5.98. The zero-order chi connectivity index (χ0) is 24.9. The number of aliphatic hydroxyl groups excluding tert-OH is 1. The molecular weight excluding hydrogens is 446 g/mol. The van der Waals surface area contributed by atoms with Crippen LogP contribution in [0.15, 0.2) is 60.8 Å². The maximum absolute atomic E-state index is 12.7. The summed E-state index contributed by atoms with van der Waals surface area (Å²) in [7, 11) is 0. The van der Waals surface area contributed by atoms with Crippen LogP contribution in [0.3, 0.4) is 0 Å². The molecule has 5 nitrogen and oxygen atoms in total. The van der Waals surface area contributed by atoms with Crippen molar-refractivity contribution in [2.75, 3.05) is 32.8 Å². The Morgan fingerprint density at radius 3 is 2.58 bits per heavy atom. The number of nitrogens with zero attached hydrogens (tertiary/aromatic N) is 2. The van der Waals surface area contributed by atoms with Crippen molar-refractivity contribution in [3.05, 3.63) is 77.5 Å². The fourth-order valence-corrected chi connectivity index (χ4v) is 6.17. The second kappa shape index (κ2) is 11.4. The molecule has 2 aliphatic heterocycles. The number of carbonyl (C=O) groups excluding carboxylic acids is 1. The maximum atomic E-state index is 12.7. The smallest absolute Gasteiger partial charge is 0.246 e. The summed E-state index contributed by atoms with van der Waals surface area (Å²) in [6, 6.07) is 17.0. The normalized spacial score (nSPS) is 19.3. The van der Waals surface area contributed by atoms with E-state index in [1.165, 1.54) is 22.0 Å². The van der Waals surface area contributed by atoms with Gasteiger partial charge in [0.2, 0.25) is 5.91 Å². The number of aryl methyl sites for hydroxylation is 1. The van der Waals surface area contributed by atoms with Crippen molar-refractivity contribution < 1.29 is 9.90 Å². The summed E-state index contributed by atoms with van der Waals surface area (Å²) < 4.78 is 0. The molecule has 5 heteroatoms. The third kappa shape index (κ3) is 5.74. The van der Waals surface area contributed by atoms with Gasteiger partial charge >= 0.3 is 0 Å². The number of aromatic nitrogens is 1. The predicted octanol–water partition coefficient (Wildman–Crippen LogP) is 5.36. The first-order valence-electron chi connectivity index (χ1n) is 13.6. The van der Waals surface area contributed by atoms with Crippen LogP contribution in [0.4, 0.5) is 0 Å². The number of H-pyrrole nitrogens is 1. The number of nitrogens with one attached hydrogen (secondary N) is 1. The van der Waals surface area contributed by atoms with Crippen LogP contribution in [0.1, 0.15) is 54.7 Å². The molecule has 1 unspecified atom stereocenters. The zero-order valence-corrected chi connectivity index (χ0v) is 21.4. The number of fused-ring (bicyclic) bond motifs is 1. The van der Waals surface area contributed by atoms with E-state index in [0.29, 0.717) is 11.8 Å². The second-order valence-electron chi connectivity index (χ2n) is 10.7. The van der Waals surface area contributed by atoms with Gasteiger partial charge in [-0.25, -0.2) is 0 Å². The van der Waals surface area contributed by atoms with E-state index in [4.69, 9.17) is 0 Å². The van der Waals surface area contributed by atoms with Crippen LogP contribution in [-0.2, 0) is 4.79 Å². The molecule has 0 saturated carbocycles. The number of carbonyl (C=O) groups is 1. The first kappa shape index (κ1) is 24.8. The first-order chi connectivity index (χ1) is 17.6. The number of likely N-dealkylation sites (tertiary alicyclic amines) is 2. The van der Waals surface area contributed by atoms with Gasteiger partial charge in [0.15, 0.2) is 0 Å². The summed E-state index contributed by atoms with van der Waals surface area (Å²) >= 11 is 0. The van der Waals surface area contributed by atoms with Gasteiger partial charge in [-0.05, 0) is 87.2 Å². The van der Waals surface area contributed by atoms with Crippen LogP contribution in [-0.4, -0.2) is 64.6 Å². The van der Waals surface area contributed by atoms with E-state index in [9.17, 15) is 9.90 Å². The molecule has 2 saturated heterocycles. The Kier molecular flexibility index (Phi) is 7.88. The van der Waals surface area contributed by atoms with E-state index in [0.717, 1.165) is 63.8 Å². The maximum Gasteiger partial charge on any atom is 0.246 e. The monoisotopic (exact) mass is 485 g/mol. The van der Waals surface area contributed by atoms with Gasteiger partial charge in [0.25, 0.3) is 0 Å². The lowest BCUT2D eigenvalue weighted by Crippen LogP contribution is -2.45. The van der Waals surface area contributed by atoms with Crippen LogP contribution in [0, 0.1) is 12.8 Å². The third-order valence-electron chi connectivity index (χ3n) is 8.31. The van der Waals surface area contributed by atoms with E-state index >= 15 is 0 Å². The molecule has 3 heterocycles. The van der Waals surface area contributed by atoms with Gasteiger partial charge in [-0.1, -0.05) is 48.0 Å². The van der Waals surface area contributed by atoms with Crippen LogP contribution < -0.4 is 0 Å². The molecule has 2 aromatic carbocycles. The summed E-state index contributed by atoms with van der Waals surface area (Å²) in [6.07, 6.45) is 11.2. The number of para-hydroxylation sites is 1. The standard InChI is InChI=1S/C31H39N3O2/c1-23-5-4-6-24(19-23)9-10-31(36)34-15-11-25(12-16-34)20-27(22-35)33-17-13-26(14-18-33)29-21-32-30-8-3-2-7-28(29)30/h2-10,19,21,25-27,32,35H,11-18,20,22H2,1H3. The van der Waals surface area contributed by atoms with Crippen molar-refractivity contribution in [3.8, 4) is 0 Å². The molecule has 190 valence electrons. The number of rotatable bonds is 7. The largest absolute Gasteiger partial charge is 0.395 e. The molecule has 5 rings (SSSR count). The van der Waals surface area contributed by atoms with Crippen LogP contribution in [0.2, 0.25) is 0 Å². The van der Waals surface area contributed by atoms with Gasteiger partial charge in [0, 0.05) is 42.3 Å². The molecule has 2 N–H and O–H groups in total. The molecule has 0 aliphatic carbocycles. The minimum atomic E-state index is 0.105. The molecule has 2 fully saturated rings. The number of hydrogen-bond donors (Lipinski definition) is 2.